The predicted octanol–water partition coefficient (Wildman–Crippen LogP) is 4.16. The number of carbonyl (C=O) groups is 1. The molecular weight excluding hydrogens is 298 g/mol. The van der Waals surface area contributed by atoms with Crippen LogP contribution in [0.3, 0.4) is 0 Å². The van der Waals surface area contributed by atoms with E-state index >= 15 is 0 Å². The van der Waals surface area contributed by atoms with Crippen LogP contribution >= 0.6 is 0 Å². The van der Waals surface area contributed by atoms with Crippen molar-refractivity contribution in [2.45, 2.75) is 6.54 Å². The zero-order valence-corrected chi connectivity index (χ0v) is 14.0. The second-order valence-corrected chi connectivity index (χ2v) is 6.01. The fourth-order valence-electron chi connectivity index (χ4n) is 2.84. The van der Waals surface area contributed by atoms with Crippen molar-refractivity contribution in [3.63, 3.8) is 0 Å². The van der Waals surface area contributed by atoms with E-state index < -0.39 is 0 Å². The van der Waals surface area contributed by atoms with Crippen molar-refractivity contribution in [1.29, 1.82) is 0 Å². The number of ether oxygens (including phenoxy) is 1. The number of hydrogen-bond acceptors (Lipinski definition) is 3. The number of benzene rings is 3. The maximum absolute atomic E-state index is 12.5. The molecule has 3 nitrogen and oxygen atoms in total. The van der Waals surface area contributed by atoms with Gasteiger partial charge in [0.15, 0.2) is 5.78 Å². The lowest BCUT2D eigenvalue weighted by Gasteiger charge is -2.16. The van der Waals surface area contributed by atoms with Gasteiger partial charge in [-0.1, -0.05) is 48.5 Å². The SMILES string of the molecule is COc1cccc(CN(C)CC(=O)c2ccc3ccccc3c2)c1. The van der Waals surface area contributed by atoms with Crippen molar-refractivity contribution in [2.75, 3.05) is 20.7 Å². The molecule has 0 fully saturated rings. The first-order valence-electron chi connectivity index (χ1n) is 7.99. The number of ketones is 1. The molecule has 0 saturated carbocycles. The summed E-state index contributed by atoms with van der Waals surface area (Å²) in [5.41, 5.74) is 1.88. The van der Waals surface area contributed by atoms with Crippen molar-refractivity contribution >= 4 is 16.6 Å². The quantitative estimate of drug-likeness (QED) is 0.639. The third-order valence-electron chi connectivity index (χ3n) is 4.07. The summed E-state index contributed by atoms with van der Waals surface area (Å²) in [5, 5.41) is 2.25. The molecule has 0 N–H and O–H groups in total. The second-order valence-electron chi connectivity index (χ2n) is 6.01. The van der Waals surface area contributed by atoms with E-state index in [0.29, 0.717) is 13.1 Å². The van der Waals surface area contributed by atoms with Gasteiger partial charge in [-0.25, -0.2) is 0 Å². The molecule has 0 radical (unpaired) electrons. The Bertz CT molecular complexity index is 857. The molecule has 0 spiro atoms. The Labute approximate surface area is 142 Å². The molecule has 3 rings (SSSR count). The standard InChI is InChI=1S/C21H21NO2/c1-22(14-16-6-5-9-20(12-16)24-2)15-21(23)19-11-10-17-7-3-4-8-18(17)13-19/h3-13H,14-15H2,1-2H3. The van der Waals surface area contributed by atoms with Gasteiger partial charge in [0, 0.05) is 12.1 Å². The van der Waals surface area contributed by atoms with E-state index in [0.717, 1.165) is 27.6 Å². The first-order chi connectivity index (χ1) is 11.7. The van der Waals surface area contributed by atoms with Gasteiger partial charge < -0.3 is 4.74 Å². The van der Waals surface area contributed by atoms with E-state index in [1.54, 1.807) is 7.11 Å². The molecule has 122 valence electrons. The molecule has 0 aliphatic rings. The molecule has 0 aliphatic heterocycles. The molecule has 0 amide bonds. The van der Waals surface area contributed by atoms with Crippen LogP contribution < -0.4 is 4.74 Å². The number of Topliss-reactive ketones (excluding diaryl/α,β-unsaturated/α-hetero) is 1. The van der Waals surface area contributed by atoms with E-state index in [1.807, 2.05) is 72.6 Å². The highest BCUT2D eigenvalue weighted by Crippen LogP contribution is 2.17. The molecule has 0 unspecified atom stereocenters. The van der Waals surface area contributed by atoms with Crippen molar-refractivity contribution in [3.05, 3.63) is 77.9 Å². The van der Waals surface area contributed by atoms with Crippen molar-refractivity contribution < 1.29 is 9.53 Å². The first-order valence-corrected chi connectivity index (χ1v) is 7.99. The van der Waals surface area contributed by atoms with Crippen molar-refractivity contribution in [2.24, 2.45) is 0 Å². The van der Waals surface area contributed by atoms with Crippen molar-refractivity contribution in [1.82, 2.24) is 4.90 Å². The van der Waals surface area contributed by atoms with Gasteiger partial charge in [0.25, 0.3) is 0 Å². The Hall–Kier alpha value is -2.65. The lowest BCUT2D eigenvalue weighted by Crippen LogP contribution is -2.25. The minimum absolute atomic E-state index is 0.131. The minimum atomic E-state index is 0.131. The van der Waals surface area contributed by atoms with Gasteiger partial charge in [-0.2, -0.15) is 0 Å². The number of methoxy groups -OCH3 is 1. The molecule has 0 aliphatic carbocycles. The monoisotopic (exact) mass is 319 g/mol. The maximum atomic E-state index is 12.5. The van der Waals surface area contributed by atoms with Crippen LogP contribution in [-0.4, -0.2) is 31.4 Å². The van der Waals surface area contributed by atoms with Crippen LogP contribution in [0.2, 0.25) is 0 Å². The van der Waals surface area contributed by atoms with E-state index in [9.17, 15) is 4.79 Å². The summed E-state index contributed by atoms with van der Waals surface area (Å²) in [6.45, 7) is 1.09. The number of carbonyl (C=O) groups excluding carboxylic acids is 1. The van der Waals surface area contributed by atoms with Gasteiger partial charge in [-0.15, -0.1) is 0 Å². The molecule has 3 heteroatoms. The fraction of sp³-hybridized carbons (Fsp3) is 0.190. The molecule has 0 heterocycles. The summed E-state index contributed by atoms with van der Waals surface area (Å²) >= 11 is 0. The first kappa shape index (κ1) is 16.2. The maximum Gasteiger partial charge on any atom is 0.176 e. The van der Waals surface area contributed by atoms with Gasteiger partial charge in [0.05, 0.1) is 13.7 Å². The molecule has 0 bridgehead atoms. The third kappa shape index (κ3) is 3.81. The Morgan fingerprint density at radius 1 is 0.958 bits per heavy atom. The molecule has 0 saturated heterocycles. The summed E-state index contributed by atoms with van der Waals surface area (Å²) in [5.74, 6) is 0.966. The predicted molar refractivity (Wildman–Crippen MR) is 97.6 cm³/mol. The smallest absolute Gasteiger partial charge is 0.176 e. The Morgan fingerprint density at radius 3 is 2.54 bits per heavy atom. The van der Waals surface area contributed by atoms with Crippen LogP contribution in [0.15, 0.2) is 66.7 Å². The highest BCUT2D eigenvalue weighted by molar-refractivity contribution is 6.01. The average molecular weight is 319 g/mol. The van der Waals surface area contributed by atoms with Gasteiger partial charge in [0.2, 0.25) is 0 Å². The summed E-state index contributed by atoms with van der Waals surface area (Å²) in [7, 11) is 3.62. The molecule has 3 aromatic rings. The molecule has 3 aromatic carbocycles. The van der Waals surface area contributed by atoms with E-state index in [-0.39, 0.29) is 5.78 Å². The van der Waals surface area contributed by atoms with Crippen LogP contribution in [0.1, 0.15) is 15.9 Å². The number of rotatable bonds is 6. The van der Waals surface area contributed by atoms with Crippen molar-refractivity contribution in [3.8, 4) is 5.75 Å². The van der Waals surface area contributed by atoms with Gasteiger partial charge in [-0.3, -0.25) is 9.69 Å². The molecule has 0 atom stereocenters. The van der Waals surface area contributed by atoms with Crippen LogP contribution in [0.5, 0.6) is 5.75 Å². The van der Waals surface area contributed by atoms with E-state index in [1.165, 1.54) is 0 Å². The normalized spacial score (nSPS) is 11.0. The van der Waals surface area contributed by atoms with Gasteiger partial charge in [-0.05, 0) is 41.6 Å². The highest BCUT2D eigenvalue weighted by atomic mass is 16.5. The second kappa shape index (κ2) is 7.28. The van der Waals surface area contributed by atoms with Gasteiger partial charge in [0.1, 0.15) is 5.75 Å². The number of nitrogens with zero attached hydrogens (tertiary/aromatic N) is 1. The van der Waals surface area contributed by atoms with Crippen LogP contribution in [0, 0.1) is 0 Å². The summed E-state index contributed by atoms with van der Waals surface area (Å²) in [6, 6.07) is 21.9. The van der Waals surface area contributed by atoms with Crippen LogP contribution in [0.4, 0.5) is 0 Å². The summed E-state index contributed by atoms with van der Waals surface area (Å²) in [4.78, 5) is 14.6. The Kier molecular flexibility index (Phi) is 4.92. The lowest BCUT2D eigenvalue weighted by molar-refractivity contribution is 0.0943. The zero-order valence-electron chi connectivity index (χ0n) is 14.0. The summed E-state index contributed by atoms with van der Waals surface area (Å²) < 4.78 is 5.24. The largest absolute Gasteiger partial charge is 0.497 e. The number of likely N-dealkylation sites (N-methyl/N-ethyl adjacent to an activating group) is 1. The Balaban J connectivity index is 1.68. The zero-order chi connectivity index (χ0) is 16.9. The lowest BCUT2D eigenvalue weighted by atomic mass is 10.0. The minimum Gasteiger partial charge on any atom is -0.497 e. The topological polar surface area (TPSA) is 29.5 Å². The average Bonchev–Trinajstić information content (AvgIpc) is 2.61. The fourth-order valence-corrected chi connectivity index (χ4v) is 2.84. The van der Waals surface area contributed by atoms with E-state index in [2.05, 4.69) is 6.07 Å². The summed E-state index contributed by atoms with van der Waals surface area (Å²) in [6.07, 6.45) is 0. The highest BCUT2D eigenvalue weighted by Gasteiger charge is 2.10. The Morgan fingerprint density at radius 2 is 1.75 bits per heavy atom. The number of hydrogen-bond donors (Lipinski definition) is 0. The third-order valence-corrected chi connectivity index (χ3v) is 4.07. The van der Waals surface area contributed by atoms with Crippen LogP contribution in [0.25, 0.3) is 10.8 Å². The van der Waals surface area contributed by atoms with Gasteiger partial charge >= 0.3 is 0 Å². The molecule has 24 heavy (non-hydrogen) atoms. The number of fused-ring (bicyclic) bond motifs is 1. The molecule has 0 aromatic heterocycles. The van der Waals surface area contributed by atoms with Crippen LogP contribution in [-0.2, 0) is 6.54 Å². The molecular formula is C21H21NO2. The van der Waals surface area contributed by atoms with E-state index in [4.69, 9.17) is 4.74 Å².